The zero-order chi connectivity index (χ0) is 24.5. The quantitative estimate of drug-likeness (QED) is 0.443. The molecular weight excluding hydrogens is 448 g/mol. The minimum Gasteiger partial charge on any atom is -0.483 e. The van der Waals surface area contributed by atoms with Gasteiger partial charge >= 0.3 is 0 Å². The normalized spacial score (nSPS) is 15.1. The lowest BCUT2D eigenvalue weighted by Gasteiger charge is -2.32. The van der Waals surface area contributed by atoms with Crippen LogP contribution in [0.2, 0.25) is 5.02 Å². The van der Waals surface area contributed by atoms with Crippen LogP contribution in [0.1, 0.15) is 76.3 Å². The zero-order valence-electron chi connectivity index (χ0n) is 20.6. The summed E-state index contributed by atoms with van der Waals surface area (Å²) in [5.41, 5.74) is 1.98. The van der Waals surface area contributed by atoms with Crippen LogP contribution in [0.15, 0.2) is 48.5 Å². The van der Waals surface area contributed by atoms with Crippen molar-refractivity contribution in [1.82, 2.24) is 10.2 Å². The summed E-state index contributed by atoms with van der Waals surface area (Å²) < 4.78 is 5.98. The highest BCUT2D eigenvalue weighted by Gasteiger charge is 2.30. The summed E-state index contributed by atoms with van der Waals surface area (Å²) in [6.45, 7) is 6.34. The molecule has 0 unspecified atom stereocenters. The van der Waals surface area contributed by atoms with E-state index >= 15 is 0 Å². The smallest absolute Gasteiger partial charge is 0.261 e. The first-order valence-electron chi connectivity index (χ1n) is 12.4. The molecule has 0 bridgehead atoms. The minimum atomic E-state index is -0.561. The van der Waals surface area contributed by atoms with E-state index in [1.54, 1.807) is 17.0 Å². The fourth-order valence-corrected chi connectivity index (χ4v) is 4.69. The van der Waals surface area contributed by atoms with E-state index in [0.717, 1.165) is 36.8 Å². The Morgan fingerprint density at radius 1 is 1.06 bits per heavy atom. The summed E-state index contributed by atoms with van der Waals surface area (Å²) in [4.78, 5) is 28.4. The molecule has 0 saturated heterocycles. The molecule has 1 atom stereocenters. The van der Waals surface area contributed by atoms with E-state index in [1.807, 2.05) is 43.3 Å². The number of benzene rings is 2. The number of hydrogen-bond donors (Lipinski definition) is 1. The summed E-state index contributed by atoms with van der Waals surface area (Å²) in [5.74, 6) is 0.691. The van der Waals surface area contributed by atoms with E-state index in [2.05, 4.69) is 19.2 Å². The van der Waals surface area contributed by atoms with Crippen molar-refractivity contribution >= 4 is 23.4 Å². The van der Waals surface area contributed by atoms with Crippen molar-refractivity contribution in [1.29, 1.82) is 0 Å². The van der Waals surface area contributed by atoms with Gasteiger partial charge in [-0.1, -0.05) is 82.0 Å². The third-order valence-electron chi connectivity index (χ3n) is 6.50. The first kappa shape index (κ1) is 26.1. The van der Waals surface area contributed by atoms with Crippen molar-refractivity contribution in [2.24, 2.45) is 0 Å². The number of hydrogen-bond acceptors (Lipinski definition) is 3. The second kappa shape index (κ2) is 12.8. The molecule has 6 heteroatoms. The van der Waals surface area contributed by atoms with Crippen LogP contribution in [-0.2, 0) is 16.1 Å². The number of nitrogens with zero attached hydrogens (tertiary/aromatic N) is 1. The molecule has 2 aromatic rings. The minimum absolute atomic E-state index is 0.0840. The molecule has 0 aromatic heterocycles. The molecule has 1 saturated carbocycles. The molecule has 5 nitrogen and oxygen atoms in total. The standard InChI is InChI=1S/C28H37ClN2O3/c1-4-25(28(33)30-23-10-6-5-7-11-23)31(18-21-14-16-22(29)17-15-21)27(32)19-34-26-13-9-8-12-24(26)20(2)3/h8-9,12-17,20,23,25H,4-7,10-11,18-19H2,1-3H3,(H,30,33)/t25-/m0/s1. The summed E-state index contributed by atoms with van der Waals surface area (Å²) >= 11 is 6.05. The topological polar surface area (TPSA) is 58.6 Å². The van der Waals surface area contributed by atoms with E-state index in [4.69, 9.17) is 16.3 Å². The molecule has 0 heterocycles. The van der Waals surface area contributed by atoms with Crippen LogP contribution in [-0.4, -0.2) is 35.4 Å². The number of carbonyl (C=O) groups is 2. The Bertz CT molecular complexity index is 939. The predicted octanol–water partition coefficient (Wildman–Crippen LogP) is 6.10. The van der Waals surface area contributed by atoms with Gasteiger partial charge in [0.15, 0.2) is 6.61 Å². The highest BCUT2D eigenvalue weighted by Crippen LogP contribution is 2.26. The van der Waals surface area contributed by atoms with Crippen molar-refractivity contribution in [3.05, 3.63) is 64.7 Å². The van der Waals surface area contributed by atoms with Gasteiger partial charge < -0.3 is 15.0 Å². The van der Waals surface area contributed by atoms with Gasteiger partial charge in [-0.2, -0.15) is 0 Å². The van der Waals surface area contributed by atoms with Gasteiger partial charge in [0.1, 0.15) is 11.8 Å². The Balaban J connectivity index is 1.77. The van der Waals surface area contributed by atoms with Gasteiger partial charge in [-0.25, -0.2) is 0 Å². The van der Waals surface area contributed by atoms with E-state index < -0.39 is 6.04 Å². The predicted molar refractivity (Wildman–Crippen MR) is 137 cm³/mol. The number of rotatable bonds is 10. The average molecular weight is 485 g/mol. The molecule has 1 fully saturated rings. The Labute approximate surface area is 208 Å². The van der Waals surface area contributed by atoms with Gasteiger partial charge in [-0.15, -0.1) is 0 Å². The van der Waals surface area contributed by atoms with Crippen molar-refractivity contribution in [2.75, 3.05) is 6.61 Å². The molecule has 34 heavy (non-hydrogen) atoms. The fraction of sp³-hybridized carbons (Fsp3) is 0.500. The number of halogens is 1. The van der Waals surface area contributed by atoms with E-state index in [1.165, 1.54) is 6.42 Å². The third-order valence-corrected chi connectivity index (χ3v) is 6.75. The number of ether oxygens (including phenoxy) is 1. The monoisotopic (exact) mass is 484 g/mol. The lowest BCUT2D eigenvalue weighted by atomic mass is 9.95. The molecule has 0 aliphatic heterocycles. The highest BCUT2D eigenvalue weighted by molar-refractivity contribution is 6.30. The number of para-hydroxylation sites is 1. The average Bonchev–Trinajstić information content (AvgIpc) is 2.84. The van der Waals surface area contributed by atoms with Gasteiger partial charge in [0.05, 0.1) is 0 Å². The van der Waals surface area contributed by atoms with Crippen LogP contribution in [0.5, 0.6) is 5.75 Å². The van der Waals surface area contributed by atoms with Crippen LogP contribution in [0, 0.1) is 0 Å². The van der Waals surface area contributed by atoms with Crippen LogP contribution in [0.25, 0.3) is 0 Å². The number of amides is 2. The Morgan fingerprint density at radius 3 is 2.38 bits per heavy atom. The maximum atomic E-state index is 13.5. The molecular formula is C28H37ClN2O3. The molecule has 2 aromatic carbocycles. The fourth-order valence-electron chi connectivity index (χ4n) is 4.56. The molecule has 0 spiro atoms. The van der Waals surface area contributed by atoms with Crippen LogP contribution in [0.4, 0.5) is 0 Å². The van der Waals surface area contributed by atoms with Crippen molar-refractivity contribution in [3.63, 3.8) is 0 Å². The molecule has 1 N–H and O–H groups in total. The van der Waals surface area contributed by atoms with E-state index in [-0.39, 0.29) is 30.4 Å². The van der Waals surface area contributed by atoms with Crippen LogP contribution >= 0.6 is 11.6 Å². The van der Waals surface area contributed by atoms with Crippen molar-refractivity contribution in [3.8, 4) is 5.75 Å². The Kier molecular flexibility index (Phi) is 9.82. The SMILES string of the molecule is CC[C@@H](C(=O)NC1CCCCC1)N(Cc1ccc(Cl)cc1)C(=O)COc1ccccc1C(C)C. The van der Waals surface area contributed by atoms with Gasteiger partial charge in [0.25, 0.3) is 5.91 Å². The van der Waals surface area contributed by atoms with E-state index in [0.29, 0.717) is 23.7 Å². The van der Waals surface area contributed by atoms with Crippen molar-refractivity contribution in [2.45, 2.75) is 83.8 Å². The number of carbonyl (C=O) groups excluding carboxylic acids is 2. The first-order chi connectivity index (χ1) is 16.4. The van der Waals surface area contributed by atoms with Gasteiger partial charge in [0, 0.05) is 17.6 Å². The second-order valence-corrected chi connectivity index (χ2v) is 9.83. The van der Waals surface area contributed by atoms with Gasteiger partial charge in [0.2, 0.25) is 5.91 Å². The maximum Gasteiger partial charge on any atom is 0.261 e. The molecule has 1 aliphatic carbocycles. The second-order valence-electron chi connectivity index (χ2n) is 9.40. The highest BCUT2D eigenvalue weighted by atomic mass is 35.5. The molecule has 184 valence electrons. The first-order valence-corrected chi connectivity index (χ1v) is 12.8. The van der Waals surface area contributed by atoms with Crippen molar-refractivity contribution < 1.29 is 14.3 Å². The summed E-state index contributed by atoms with van der Waals surface area (Å²) in [6, 6.07) is 14.8. The summed E-state index contributed by atoms with van der Waals surface area (Å²) in [7, 11) is 0. The molecule has 1 aliphatic rings. The lowest BCUT2D eigenvalue weighted by molar-refractivity contribution is -0.143. The number of nitrogens with one attached hydrogen (secondary N) is 1. The zero-order valence-corrected chi connectivity index (χ0v) is 21.3. The third kappa shape index (κ3) is 7.23. The Hall–Kier alpha value is -2.53. The molecule has 3 rings (SSSR count). The molecule has 2 amide bonds. The Morgan fingerprint density at radius 2 is 1.74 bits per heavy atom. The summed E-state index contributed by atoms with van der Waals surface area (Å²) in [6.07, 6.45) is 6.03. The summed E-state index contributed by atoms with van der Waals surface area (Å²) in [5, 5.41) is 3.84. The van der Waals surface area contributed by atoms with Crippen LogP contribution < -0.4 is 10.1 Å². The largest absolute Gasteiger partial charge is 0.483 e. The molecule has 0 radical (unpaired) electrons. The van der Waals surface area contributed by atoms with Gasteiger partial charge in [-0.05, 0) is 54.5 Å². The van der Waals surface area contributed by atoms with Gasteiger partial charge in [-0.3, -0.25) is 9.59 Å². The van der Waals surface area contributed by atoms with E-state index in [9.17, 15) is 9.59 Å². The lowest BCUT2D eigenvalue weighted by Crippen LogP contribution is -2.52. The maximum absolute atomic E-state index is 13.5. The van der Waals surface area contributed by atoms with Crippen LogP contribution in [0.3, 0.4) is 0 Å².